The van der Waals surface area contributed by atoms with Crippen molar-refractivity contribution in [3.05, 3.63) is 18.2 Å². The fourth-order valence-electron chi connectivity index (χ4n) is 2.04. The van der Waals surface area contributed by atoms with Gasteiger partial charge in [-0.3, -0.25) is 0 Å². The Morgan fingerprint density at radius 1 is 1.41 bits per heavy atom. The summed E-state index contributed by atoms with van der Waals surface area (Å²) in [6, 6.07) is 5.78. The van der Waals surface area contributed by atoms with Crippen molar-refractivity contribution < 1.29 is 4.74 Å². The van der Waals surface area contributed by atoms with Gasteiger partial charge in [0.25, 0.3) is 0 Å². The molecule has 1 aliphatic heterocycles. The zero-order valence-electron chi connectivity index (χ0n) is 10.2. The molecule has 0 radical (unpaired) electrons. The van der Waals surface area contributed by atoms with E-state index in [2.05, 4.69) is 17.1 Å². The van der Waals surface area contributed by atoms with Crippen molar-refractivity contribution in [2.24, 2.45) is 0 Å². The lowest BCUT2D eigenvalue weighted by atomic mass is 10.2. The van der Waals surface area contributed by atoms with Gasteiger partial charge in [-0.15, -0.1) is 0 Å². The lowest BCUT2D eigenvalue weighted by Gasteiger charge is -2.22. The maximum absolute atomic E-state index is 5.82. The number of hydrogen-bond donors (Lipinski definition) is 2. The van der Waals surface area contributed by atoms with E-state index in [0.29, 0.717) is 0 Å². The van der Waals surface area contributed by atoms with Crippen LogP contribution in [0.5, 0.6) is 5.75 Å². The molecule has 1 fully saturated rings. The molecule has 3 N–H and O–H groups in total. The first-order valence-corrected chi connectivity index (χ1v) is 7.13. The van der Waals surface area contributed by atoms with Crippen LogP contribution in [0.1, 0.15) is 19.3 Å². The van der Waals surface area contributed by atoms with E-state index in [1.807, 2.05) is 18.2 Å². The molecular weight excluding hydrogens is 232 g/mol. The van der Waals surface area contributed by atoms with E-state index >= 15 is 0 Å². The molecule has 4 heteroatoms. The fraction of sp³-hybridized carbons (Fsp3) is 0.538. The van der Waals surface area contributed by atoms with Gasteiger partial charge < -0.3 is 15.8 Å². The molecule has 0 saturated carbocycles. The van der Waals surface area contributed by atoms with E-state index in [4.69, 9.17) is 10.5 Å². The smallest absolute Gasteiger partial charge is 0.122 e. The van der Waals surface area contributed by atoms with Crippen LogP contribution in [0.4, 0.5) is 11.4 Å². The van der Waals surface area contributed by atoms with Gasteiger partial charge in [0.2, 0.25) is 0 Å². The topological polar surface area (TPSA) is 47.3 Å². The monoisotopic (exact) mass is 252 g/mol. The summed E-state index contributed by atoms with van der Waals surface area (Å²) in [6.45, 7) is 1.01. The summed E-state index contributed by atoms with van der Waals surface area (Å²) in [5, 5.41) is 4.18. The van der Waals surface area contributed by atoms with Gasteiger partial charge in [0.05, 0.1) is 7.11 Å². The molecule has 1 heterocycles. The van der Waals surface area contributed by atoms with Crippen LogP contribution in [0.15, 0.2) is 18.2 Å². The number of rotatable bonds is 4. The molecule has 0 aromatic heterocycles. The second-order valence-electron chi connectivity index (χ2n) is 4.36. The van der Waals surface area contributed by atoms with Gasteiger partial charge in [-0.05, 0) is 24.7 Å². The quantitative estimate of drug-likeness (QED) is 0.809. The van der Waals surface area contributed by atoms with Crippen molar-refractivity contribution in [3.63, 3.8) is 0 Å². The van der Waals surface area contributed by atoms with Crippen LogP contribution in [0.25, 0.3) is 0 Å². The molecule has 1 saturated heterocycles. The maximum Gasteiger partial charge on any atom is 0.122 e. The molecule has 1 atom stereocenters. The van der Waals surface area contributed by atoms with Crippen molar-refractivity contribution in [2.75, 3.05) is 30.5 Å². The number of methoxy groups -OCH3 is 1. The zero-order valence-corrected chi connectivity index (χ0v) is 11.1. The van der Waals surface area contributed by atoms with E-state index in [-0.39, 0.29) is 0 Å². The van der Waals surface area contributed by atoms with Crippen LogP contribution in [0, 0.1) is 0 Å². The summed E-state index contributed by atoms with van der Waals surface area (Å²) in [5.41, 5.74) is 7.61. The highest BCUT2D eigenvalue weighted by Crippen LogP contribution is 2.27. The number of nitrogens with two attached hydrogens (primary N) is 1. The van der Waals surface area contributed by atoms with Gasteiger partial charge in [-0.25, -0.2) is 0 Å². The highest BCUT2D eigenvalue weighted by molar-refractivity contribution is 7.99. The number of ether oxygens (including phenoxy) is 1. The van der Waals surface area contributed by atoms with Crippen LogP contribution in [-0.2, 0) is 0 Å². The number of nitrogen functional groups attached to an aromatic ring is 1. The third-order valence-electron chi connectivity index (χ3n) is 2.97. The second-order valence-corrected chi connectivity index (χ2v) is 5.77. The molecule has 0 spiro atoms. The molecule has 0 aliphatic carbocycles. The van der Waals surface area contributed by atoms with Crippen molar-refractivity contribution in [3.8, 4) is 5.75 Å². The minimum atomic E-state index is 0.733. The molecule has 3 nitrogen and oxygen atoms in total. The Balaban J connectivity index is 1.91. The van der Waals surface area contributed by atoms with Crippen LogP contribution in [0.2, 0.25) is 0 Å². The molecule has 17 heavy (non-hydrogen) atoms. The molecule has 0 bridgehead atoms. The Labute approximate surface area is 107 Å². The summed E-state index contributed by atoms with van der Waals surface area (Å²) < 4.78 is 5.20. The van der Waals surface area contributed by atoms with E-state index in [0.717, 1.165) is 28.9 Å². The normalized spacial score (nSPS) is 19.9. The highest BCUT2D eigenvalue weighted by Gasteiger charge is 2.13. The second kappa shape index (κ2) is 6.05. The summed E-state index contributed by atoms with van der Waals surface area (Å²) in [5.74, 6) is 2.11. The Morgan fingerprint density at radius 3 is 3.00 bits per heavy atom. The number of thioether (sulfide) groups is 1. The summed E-state index contributed by atoms with van der Waals surface area (Å²) in [4.78, 5) is 0. The number of nitrogens with one attached hydrogen (secondary N) is 1. The molecule has 1 unspecified atom stereocenters. The Kier molecular flexibility index (Phi) is 4.42. The third-order valence-corrected chi connectivity index (χ3v) is 4.37. The summed E-state index contributed by atoms with van der Waals surface area (Å²) in [6.07, 6.45) is 4.05. The van der Waals surface area contributed by atoms with Crippen molar-refractivity contribution in [1.82, 2.24) is 0 Å². The Bertz CT molecular complexity index is 364. The first-order chi connectivity index (χ1) is 8.28. The molecule has 0 amide bonds. The lowest BCUT2D eigenvalue weighted by molar-refractivity contribution is 0.415. The predicted molar refractivity (Wildman–Crippen MR) is 76.0 cm³/mol. The zero-order chi connectivity index (χ0) is 12.1. The molecule has 1 aromatic rings. The van der Waals surface area contributed by atoms with E-state index in [9.17, 15) is 0 Å². The Hall–Kier alpha value is -1.03. The van der Waals surface area contributed by atoms with Gasteiger partial charge in [0, 0.05) is 35.3 Å². The van der Waals surface area contributed by atoms with Crippen LogP contribution in [0.3, 0.4) is 0 Å². The minimum Gasteiger partial charge on any atom is -0.497 e. The maximum atomic E-state index is 5.82. The van der Waals surface area contributed by atoms with E-state index in [1.54, 1.807) is 7.11 Å². The largest absolute Gasteiger partial charge is 0.497 e. The van der Waals surface area contributed by atoms with Gasteiger partial charge in [-0.2, -0.15) is 11.8 Å². The van der Waals surface area contributed by atoms with Crippen molar-refractivity contribution in [1.29, 1.82) is 0 Å². The SMILES string of the molecule is COc1cc(N)cc(NCC2CCCCS2)c1. The lowest BCUT2D eigenvalue weighted by Crippen LogP contribution is -2.20. The predicted octanol–water partition coefficient (Wildman–Crippen LogP) is 2.98. The summed E-state index contributed by atoms with van der Waals surface area (Å²) >= 11 is 2.07. The van der Waals surface area contributed by atoms with Crippen molar-refractivity contribution in [2.45, 2.75) is 24.5 Å². The third kappa shape index (κ3) is 3.73. The molecule has 2 rings (SSSR count). The fourth-order valence-corrected chi connectivity index (χ4v) is 3.28. The van der Waals surface area contributed by atoms with E-state index in [1.165, 1.54) is 25.0 Å². The molecule has 94 valence electrons. The van der Waals surface area contributed by atoms with Gasteiger partial charge in [0.15, 0.2) is 0 Å². The Morgan fingerprint density at radius 2 is 2.29 bits per heavy atom. The standard InChI is InChI=1S/C13H20N2OS/c1-16-12-7-10(14)6-11(8-12)15-9-13-4-2-3-5-17-13/h6-8,13,15H,2-5,9,14H2,1H3. The number of hydrogen-bond acceptors (Lipinski definition) is 4. The highest BCUT2D eigenvalue weighted by atomic mass is 32.2. The van der Waals surface area contributed by atoms with Gasteiger partial charge >= 0.3 is 0 Å². The van der Waals surface area contributed by atoms with Gasteiger partial charge in [0.1, 0.15) is 5.75 Å². The van der Waals surface area contributed by atoms with Crippen molar-refractivity contribution >= 4 is 23.1 Å². The first-order valence-electron chi connectivity index (χ1n) is 6.08. The number of benzene rings is 1. The summed E-state index contributed by atoms with van der Waals surface area (Å²) in [7, 11) is 1.66. The van der Waals surface area contributed by atoms with Gasteiger partial charge in [-0.1, -0.05) is 6.42 Å². The average Bonchev–Trinajstić information content (AvgIpc) is 2.37. The van der Waals surface area contributed by atoms with Crippen LogP contribution in [-0.4, -0.2) is 24.7 Å². The minimum absolute atomic E-state index is 0.733. The van der Waals surface area contributed by atoms with Crippen LogP contribution >= 0.6 is 11.8 Å². The molecular formula is C13H20N2OS. The first kappa shape index (κ1) is 12.4. The number of anilines is 2. The van der Waals surface area contributed by atoms with E-state index < -0.39 is 0 Å². The molecule has 1 aliphatic rings. The molecule has 1 aromatic carbocycles. The average molecular weight is 252 g/mol. The van der Waals surface area contributed by atoms with Crippen LogP contribution < -0.4 is 15.8 Å².